The van der Waals surface area contributed by atoms with E-state index in [9.17, 15) is 4.79 Å². The number of carbonyl (C=O) groups is 1. The number of methoxy groups -OCH3 is 1. The normalized spacial score (nSPS) is 10.2. The van der Waals surface area contributed by atoms with Gasteiger partial charge in [-0.05, 0) is 30.7 Å². The van der Waals surface area contributed by atoms with Crippen LogP contribution in [0.1, 0.15) is 20.8 Å². The smallest absolute Gasteiger partial charge is 0.168 e. The third-order valence-corrected chi connectivity index (χ3v) is 3.44. The van der Waals surface area contributed by atoms with Crippen molar-refractivity contribution in [2.75, 3.05) is 7.11 Å². The summed E-state index contributed by atoms with van der Waals surface area (Å²) in [5.41, 5.74) is 1.82. The van der Waals surface area contributed by atoms with Gasteiger partial charge in [0.2, 0.25) is 0 Å². The average Bonchev–Trinajstić information content (AvgIpc) is 2.77. The van der Waals surface area contributed by atoms with Crippen molar-refractivity contribution in [3.63, 3.8) is 0 Å². The molecule has 2 nitrogen and oxygen atoms in total. The summed E-state index contributed by atoms with van der Waals surface area (Å²) in [6.07, 6.45) is 0.445. The molecule has 0 saturated heterocycles. The van der Waals surface area contributed by atoms with Crippen LogP contribution in [0, 0.1) is 6.92 Å². The van der Waals surface area contributed by atoms with Gasteiger partial charge in [-0.1, -0.05) is 12.1 Å². The van der Waals surface area contributed by atoms with Crippen molar-refractivity contribution in [3.8, 4) is 5.75 Å². The molecule has 0 aliphatic heterocycles. The van der Waals surface area contributed by atoms with Crippen LogP contribution in [0.4, 0.5) is 0 Å². The van der Waals surface area contributed by atoms with E-state index in [-0.39, 0.29) is 5.78 Å². The van der Waals surface area contributed by atoms with Crippen LogP contribution in [0.25, 0.3) is 0 Å². The number of hydrogen-bond acceptors (Lipinski definition) is 3. The van der Waals surface area contributed by atoms with E-state index in [2.05, 4.69) is 0 Å². The number of rotatable bonds is 4. The Morgan fingerprint density at radius 1 is 1.29 bits per heavy atom. The quantitative estimate of drug-likeness (QED) is 0.772. The maximum atomic E-state index is 12.0. The molecule has 0 amide bonds. The van der Waals surface area contributed by atoms with Gasteiger partial charge in [0, 0.05) is 22.2 Å². The van der Waals surface area contributed by atoms with Gasteiger partial charge < -0.3 is 4.74 Å². The first-order valence-electron chi connectivity index (χ1n) is 5.40. The minimum absolute atomic E-state index is 0.166. The highest BCUT2D eigenvalue weighted by molar-refractivity contribution is 7.10. The van der Waals surface area contributed by atoms with Crippen LogP contribution < -0.4 is 4.74 Å². The molecule has 0 atom stereocenters. The monoisotopic (exact) mass is 246 g/mol. The Labute approximate surface area is 105 Å². The van der Waals surface area contributed by atoms with Crippen molar-refractivity contribution in [2.24, 2.45) is 0 Å². The maximum absolute atomic E-state index is 12.0. The zero-order valence-electron chi connectivity index (χ0n) is 9.90. The number of aryl methyl sites for hydroxylation is 1. The van der Waals surface area contributed by atoms with Gasteiger partial charge in [0.25, 0.3) is 0 Å². The number of carbonyl (C=O) groups excluding carboxylic acids is 1. The predicted octanol–water partition coefficient (Wildman–Crippen LogP) is 3.49. The molecule has 0 fully saturated rings. The lowest BCUT2D eigenvalue weighted by molar-refractivity contribution is 0.0993. The van der Waals surface area contributed by atoms with Crippen LogP contribution in [0.2, 0.25) is 0 Å². The SMILES string of the molecule is COc1ccc(CC(=O)c2csc(C)c2)cc1. The summed E-state index contributed by atoms with van der Waals surface area (Å²) in [5, 5.41) is 1.92. The molecule has 1 heterocycles. The average molecular weight is 246 g/mol. The second kappa shape index (κ2) is 5.15. The molecule has 0 bridgehead atoms. The Morgan fingerprint density at radius 2 is 2.00 bits per heavy atom. The van der Waals surface area contributed by atoms with E-state index in [0.29, 0.717) is 6.42 Å². The van der Waals surface area contributed by atoms with E-state index < -0.39 is 0 Å². The molecule has 0 unspecified atom stereocenters. The third-order valence-electron chi connectivity index (χ3n) is 2.58. The summed E-state index contributed by atoms with van der Waals surface area (Å²) in [6, 6.07) is 9.55. The Morgan fingerprint density at radius 3 is 2.53 bits per heavy atom. The van der Waals surface area contributed by atoms with Crippen molar-refractivity contribution in [3.05, 3.63) is 51.7 Å². The molecule has 17 heavy (non-hydrogen) atoms. The maximum Gasteiger partial charge on any atom is 0.168 e. The summed E-state index contributed by atoms with van der Waals surface area (Å²) in [7, 11) is 1.63. The van der Waals surface area contributed by atoms with Crippen molar-refractivity contribution < 1.29 is 9.53 Å². The van der Waals surface area contributed by atoms with Gasteiger partial charge in [0.1, 0.15) is 5.75 Å². The number of hydrogen-bond donors (Lipinski definition) is 0. The molecule has 3 heteroatoms. The lowest BCUT2D eigenvalue weighted by atomic mass is 10.1. The van der Waals surface area contributed by atoms with E-state index in [0.717, 1.165) is 16.9 Å². The van der Waals surface area contributed by atoms with Crippen LogP contribution in [-0.2, 0) is 6.42 Å². The fourth-order valence-corrected chi connectivity index (χ4v) is 2.33. The van der Waals surface area contributed by atoms with Gasteiger partial charge in [-0.3, -0.25) is 4.79 Å². The first-order chi connectivity index (χ1) is 8.19. The zero-order chi connectivity index (χ0) is 12.3. The van der Waals surface area contributed by atoms with Crippen molar-refractivity contribution in [2.45, 2.75) is 13.3 Å². The molecule has 0 aliphatic carbocycles. The Bertz CT molecular complexity index is 511. The van der Waals surface area contributed by atoms with Gasteiger partial charge in [-0.25, -0.2) is 0 Å². The second-order valence-electron chi connectivity index (χ2n) is 3.89. The fourth-order valence-electron chi connectivity index (χ4n) is 1.62. The molecule has 1 aromatic carbocycles. The van der Waals surface area contributed by atoms with Gasteiger partial charge in [-0.2, -0.15) is 0 Å². The van der Waals surface area contributed by atoms with Crippen LogP contribution in [0.15, 0.2) is 35.7 Å². The van der Waals surface area contributed by atoms with Crippen LogP contribution in [-0.4, -0.2) is 12.9 Å². The molecular formula is C14H14O2S. The van der Waals surface area contributed by atoms with E-state index in [1.807, 2.05) is 42.6 Å². The summed E-state index contributed by atoms with van der Waals surface area (Å²) in [4.78, 5) is 13.1. The first-order valence-corrected chi connectivity index (χ1v) is 6.28. The molecule has 1 aromatic heterocycles. The van der Waals surface area contributed by atoms with Gasteiger partial charge in [0.05, 0.1) is 7.11 Å². The Hall–Kier alpha value is -1.61. The second-order valence-corrected chi connectivity index (χ2v) is 5.01. The molecule has 0 N–H and O–H groups in total. The lowest BCUT2D eigenvalue weighted by Crippen LogP contribution is -2.01. The van der Waals surface area contributed by atoms with Gasteiger partial charge in [0.15, 0.2) is 5.78 Å². The zero-order valence-corrected chi connectivity index (χ0v) is 10.7. The Kier molecular flexibility index (Phi) is 3.59. The molecule has 2 rings (SSSR count). The summed E-state index contributed by atoms with van der Waals surface area (Å²) in [5.74, 6) is 0.979. The number of ether oxygens (including phenoxy) is 1. The number of ketones is 1. The highest BCUT2D eigenvalue weighted by Gasteiger charge is 2.08. The summed E-state index contributed by atoms with van der Waals surface area (Å²) in [6.45, 7) is 2.01. The third kappa shape index (κ3) is 2.94. The minimum atomic E-state index is 0.166. The molecular weight excluding hydrogens is 232 g/mol. The summed E-state index contributed by atoms with van der Waals surface area (Å²) >= 11 is 1.61. The fraction of sp³-hybridized carbons (Fsp3) is 0.214. The van der Waals surface area contributed by atoms with Crippen LogP contribution in [0.5, 0.6) is 5.75 Å². The topological polar surface area (TPSA) is 26.3 Å². The molecule has 88 valence electrons. The molecule has 2 aromatic rings. The molecule has 0 saturated carbocycles. The van der Waals surface area contributed by atoms with Gasteiger partial charge >= 0.3 is 0 Å². The summed E-state index contributed by atoms with van der Waals surface area (Å²) < 4.78 is 5.08. The molecule has 0 aliphatic rings. The predicted molar refractivity (Wildman–Crippen MR) is 70.1 cm³/mol. The number of thiophene rings is 1. The van der Waals surface area contributed by atoms with Crippen LogP contribution in [0.3, 0.4) is 0 Å². The molecule has 0 spiro atoms. The van der Waals surface area contributed by atoms with Crippen molar-refractivity contribution in [1.29, 1.82) is 0 Å². The van der Waals surface area contributed by atoms with Gasteiger partial charge in [-0.15, -0.1) is 11.3 Å². The molecule has 0 radical (unpaired) electrons. The van der Waals surface area contributed by atoms with E-state index >= 15 is 0 Å². The van der Waals surface area contributed by atoms with E-state index in [1.54, 1.807) is 18.4 Å². The first kappa shape index (κ1) is 11.9. The van der Waals surface area contributed by atoms with Crippen molar-refractivity contribution >= 4 is 17.1 Å². The largest absolute Gasteiger partial charge is 0.497 e. The van der Waals surface area contributed by atoms with Crippen molar-refractivity contribution in [1.82, 2.24) is 0 Å². The highest BCUT2D eigenvalue weighted by atomic mass is 32.1. The van der Waals surface area contributed by atoms with Crippen LogP contribution >= 0.6 is 11.3 Å². The standard InChI is InChI=1S/C14H14O2S/c1-10-7-12(9-17-10)14(15)8-11-3-5-13(16-2)6-4-11/h3-7,9H,8H2,1-2H3. The number of benzene rings is 1. The Balaban J connectivity index is 2.07. The number of Topliss-reactive ketones (excluding diaryl/α,β-unsaturated/α-hetero) is 1. The van der Waals surface area contributed by atoms with E-state index in [4.69, 9.17) is 4.74 Å². The minimum Gasteiger partial charge on any atom is -0.497 e. The highest BCUT2D eigenvalue weighted by Crippen LogP contribution is 2.17. The van der Waals surface area contributed by atoms with E-state index in [1.165, 1.54) is 4.88 Å². The lowest BCUT2D eigenvalue weighted by Gasteiger charge is -2.02.